The molecule has 0 aliphatic heterocycles. The van der Waals surface area contributed by atoms with Crippen LogP contribution in [0.4, 0.5) is 0 Å². The van der Waals surface area contributed by atoms with Gasteiger partial charge in [-0.05, 0) is 32.0 Å². The molecule has 2 aromatic rings. The summed E-state index contributed by atoms with van der Waals surface area (Å²) in [5.74, 6) is 5.64. The lowest BCUT2D eigenvalue weighted by Crippen LogP contribution is -2.31. The van der Waals surface area contributed by atoms with Gasteiger partial charge in [0.15, 0.2) is 0 Å². The first kappa shape index (κ1) is 20.2. The third kappa shape index (κ3) is 5.99. The van der Waals surface area contributed by atoms with E-state index in [0.717, 1.165) is 11.6 Å². The van der Waals surface area contributed by atoms with Crippen LogP contribution in [0.3, 0.4) is 0 Å². The fourth-order valence-corrected chi connectivity index (χ4v) is 4.53. The topological polar surface area (TPSA) is 37.4 Å². The zero-order chi connectivity index (χ0) is 18.8. The van der Waals surface area contributed by atoms with Crippen molar-refractivity contribution in [3.8, 4) is 11.8 Å². The number of allylic oxidation sites excluding steroid dienone is 1. The van der Waals surface area contributed by atoms with Crippen LogP contribution in [0.1, 0.15) is 12.5 Å². The molecule has 0 bridgehead atoms. The molecule has 3 nitrogen and oxygen atoms in total. The Hall–Kier alpha value is -2.13. The van der Waals surface area contributed by atoms with Gasteiger partial charge in [-0.25, -0.2) is 8.42 Å². The molecular formula is C21H23NO2SSi. The van der Waals surface area contributed by atoms with Gasteiger partial charge in [-0.3, -0.25) is 0 Å². The molecule has 0 aliphatic carbocycles. The van der Waals surface area contributed by atoms with E-state index in [0.29, 0.717) is 21.0 Å². The van der Waals surface area contributed by atoms with Gasteiger partial charge in [0.2, 0.25) is 10.0 Å². The zero-order valence-corrected chi connectivity index (χ0v) is 17.0. The Morgan fingerprint density at radius 3 is 2.38 bits per heavy atom. The van der Waals surface area contributed by atoms with E-state index >= 15 is 0 Å². The van der Waals surface area contributed by atoms with Gasteiger partial charge < -0.3 is 0 Å². The first-order valence-corrected chi connectivity index (χ1v) is 11.1. The van der Waals surface area contributed by atoms with Gasteiger partial charge in [0.1, 0.15) is 0 Å². The molecule has 0 amide bonds. The second-order valence-corrected chi connectivity index (χ2v) is 9.03. The molecule has 134 valence electrons. The monoisotopic (exact) mass is 381 g/mol. The van der Waals surface area contributed by atoms with Crippen LogP contribution in [0.2, 0.25) is 6.04 Å². The Morgan fingerprint density at radius 1 is 1.04 bits per heavy atom. The van der Waals surface area contributed by atoms with Crippen molar-refractivity contribution < 1.29 is 8.42 Å². The number of nitrogens with zero attached hydrogens (tertiary/aromatic N) is 1. The highest BCUT2D eigenvalue weighted by molar-refractivity contribution is 7.89. The number of benzene rings is 2. The standard InChI is InChI=1S/C21H23NO2SSi/c1-3-4-16-22(25(23,24)20-14-12-19(2)13-15-20)17-8-9-18-26-21-10-6-5-7-11-21/h5-15H,16-18H2,1-2H3/b9-8-. The molecule has 0 heterocycles. The van der Waals surface area contributed by atoms with Gasteiger partial charge in [0.05, 0.1) is 21.0 Å². The lowest BCUT2D eigenvalue weighted by atomic mass is 10.2. The van der Waals surface area contributed by atoms with E-state index < -0.39 is 10.0 Å². The predicted octanol–water partition coefficient (Wildman–Crippen LogP) is 3.01. The molecule has 0 unspecified atom stereocenters. The van der Waals surface area contributed by atoms with E-state index in [2.05, 4.69) is 24.0 Å². The highest BCUT2D eigenvalue weighted by Gasteiger charge is 2.22. The van der Waals surface area contributed by atoms with Crippen LogP contribution in [-0.2, 0) is 10.0 Å². The lowest BCUT2D eigenvalue weighted by Gasteiger charge is -2.18. The first-order chi connectivity index (χ1) is 12.5. The quantitative estimate of drug-likeness (QED) is 0.400. The molecule has 26 heavy (non-hydrogen) atoms. The largest absolute Gasteiger partial charge is 0.244 e. The van der Waals surface area contributed by atoms with Crippen LogP contribution < -0.4 is 5.19 Å². The zero-order valence-electron chi connectivity index (χ0n) is 15.1. The molecule has 5 heteroatoms. The normalized spacial score (nSPS) is 11.5. The maximum atomic E-state index is 12.9. The van der Waals surface area contributed by atoms with E-state index in [9.17, 15) is 8.42 Å². The van der Waals surface area contributed by atoms with Crippen LogP contribution >= 0.6 is 0 Å². The number of hydrogen-bond acceptors (Lipinski definition) is 2. The molecule has 0 fully saturated rings. The van der Waals surface area contributed by atoms with Crippen molar-refractivity contribution in [1.82, 2.24) is 4.31 Å². The SMILES string of the molecule is CC#CCN(C/C=C\C[Si]c1ccccc1)S(=O)(=O)c1ccc(C)cc1. The summed E-state index contributed by atoms with van der Waals surface area (Å²) in [4.78, 5) is 0.306. The van der Waals surface area contributed by atoms with Gasteiger partial charge in [0, 0.05) is 6.54 Å². The predicted molar refractivity (Wildman–Crippen MR) is 109 cm³/mol. The third-order valence-electron chi connectivity index (χ3n) is 3.76. The van der Waals surface area contributed by atoms with Crippen molar-refractivity contribution in [2.45, 2.75) is 24.8 Å². The van der Waals surface area contributed by atoms with Gasteiger partial charge >= 0.3 is 0 Å². The van der Waals surface area contributed by atoms with Crippen molar-refractivity contribution in [2.24, 2.45) is 0 Å². The molecule has 2 aromatic carbocycles. The average molecular weight is 382 g/mol. The van der Waals surface area contributed by atoms with E-state index in [-0.39, 0.29) is 6.54 Å². The second kappa shape index (κ2) is 10.1. The molecule has 0 aromatic heterocycles. The summed E-state index contributed by atoms with van der Waals surface area (Å²) in [6.07, 6.45) is 3.96. The van der Waals surface area contributed by atoms with Crippen molar-refractivity contribution in [3.63, 3.8) is 0 Å². The Labute approximate surface area is 159 Å². The van der Waals surface area contributed by atoms with Crippen LogP contribution in [0, 0.1) is 18.8 Å². The number of sulfonamides is 1. The summed E-state index contributed by atoms with van der Waals surface area (Å²) in [6, 6.07) is 18.1. The summed E-state index contributed by atoms with van der Waals surface area (Å²) in [7, 11) is -2.86. The molecular weight excluding hydrogens is 358 g/mol. The minimum atomic E-state index is -3.55. The minimum Gasteiger partial charge on any atom is -0.207 e. The second-order valence-electron chi connectivity index (χ2n) is 5.76. The number of rotatable bonds is 8. The lowest BCUT2D eigenvalue weighted by molar-refractivity contribution is 0.478. The van der Waals surface area contributed by atoms with Gasteiger partial charge in [0.25, 0.3) is 0 Å². The minimum absolute atomic E-state index is 0.192. The fourth-order valence-electron chi connectivity index (χ4n) is 2.28. The van der Waals surface area contributed by atoms with E-state index in [1.165, 1.54) is 9.49 Å². The Kier molecular flexibility index (Phi) is 7.86. The molecule has 0 atom stereocenters. The van der Waals surface area contributed by atoms with Gasteiger partial charge in [-0.2, -0.15) is 4.31 Å². The molecule has 0 N–H and O–H groups in total. The fraction of sp³-hybridized carbons (Fsp3) is 0.238. The van der Waals surface area contributed by atoms with Crippen molar-refractivity contribution in [3.05, 3.63) is 72.3 Å². The number of aryl methyl sites for hydroxylation is 1. The van der Waals surface area contributed by atoms with Gasteiger partial charge in [-0.15, -0.1) is 5.92 Å². The molecule has 2 radical (unpaired) electrons. The van der Waals surface area contributed by atoms with Gasteiger partial charge in [-0.1, -0.05) is 71.3 Å². The highest BCUT2D eigenvalue weighted by Crippen LogP contribution is 2.16. The Bertz CT molecular complexity index is 879. The summed E-state index contributed by atoms with van der Waals surface area (Å²) in [6.45, 7) is 4.17. The highest BCUT2D eigenvalue weighted by atomic mass is 32.2. The maximum Gasteiger partial charge on any atom is 0.244 e. The molecule has 0 saturated heterocycles. The third-order valence-corrected chi connectivity index (χ3v) is 6.77. The summed E-state index contributed by atoms with van der Waals surface area (Å²) in [5.41, 5.74) is 1.03. The number of hydrogen-bond donors (Lipinski definition) is 0. The Morgan fingerprint density at radius 2 is 1.73 bits per heavy atom. The maximum absolute atomic E-state index is 12.9. The smallest absolute Gasteiger partial charge is 0.207 e. The average Bonchev–Trinajstić information content (AvgIpc) is 2.65. The molecule has 0 spiro atoms. The first-order valence-electron chi connectivity index (χ1n) is 8.44. The molecule has 0 saturated carbocycles. The van der Waals surface area contributed by atoms with Crippen molar-refractivity contribution >= 4 is 24.7 Å². The summed E-state index contributed by atoms with van der Waals surface area (Å²) < 4.78 is 27.1. The molecule has 0 aliphatic rings. The van der Waals surface area contributed by atoms with Crippen LogP contribution in [0.5, 0.6) is 0 Å². The van der Waals surface area contributed by atoms with E-state index in [1.807, 2.05) is 49.4 Å². The Balaban J connectivity index is 2.02. The van der Waals surface area contributed by atoms with Crippen LogP contribution in [0.15, 0.2) is 71.6 Å². The van der Waals surface area contributed by atoms with Crippen LogP contribution in [-0.4, -0.2) is 35.3 Å². The molecule has 2 rings (SSSR count). The van der Waals surface area contributed by atoms with E-state index in [1.54, 1.807) is 19.1 Å². The van der Waals surface area contributed by atoms with Crippen LogP contribution in [0.25, 0.3) is 0 Å². The van der Waals surface area contributed by atoms with Crippen molar-refractivity contribution in [2.75, 3.05) is 13.1 Å². The summed E-state index contributed by atoms with van der Waals surface area (Å²) >= 11 is 0. The van der Waals surface area contributed by atoms with Crippen molar-refractivity contribution in [1.29, 1.82) is 0 Å². The van der Waals surface area contributed by atoms with E-state index in [4.69, 9.17) is 0 Å². The summed E-state index contributed by atoms with van der Waals surface area (Å²) in [5, 5.41) is 1.30.